The monoisotopic (exact) mass is 563 g/mol. The largest absolute Gasteiger partial charge is 1.00 e. The van der Waals surface area contributed by atoms with Crippen LogP contribution in [0.2, 0.25) is 10.0 Å². The lowest BCUT2D eigenvalue weighted by molar-refractivity contribution is -0.938. The van der Waals surface area contributed by atoms with Crippen LogP contribution in [0.4, 0.5) is 8.78 Å². The quantitative estimate of drug-likeness (QED) is 0.339. The summed E-state index contributed by atoms with van der Waals surface area (Å²) < 4.78 is 40.8. The number of hydrogen-bond donors (Lipinski definition) is 1. The number of halogens is 5. The molecule has 178 valence electrons. The zero-order valence-corrected chi connectivity index (χ0v) is 20.9. The first-order valence-electron chi connectivity index (χ1n) is 10.4. The third-order valence-electron chi connectivity index (χ3n) is 7.28. The molecule has 0 radical (unpaired) electrons. The van der Waals surface area contributed by atoms with E-state index in [4.69, 9.17) is 32.7 Å². The van der Waals surface area contributed by atoms with Crippen LogP contribution in [0.1, 0.15) is 24.0 Å². The number of fused-ring (bicyclic) bond motifs is 5. The first-order chi connectivity index (χ1) is 15.0. The van der Waals surface area contributed by atoms with Crippen LogP contribution in [0, 0.1) is 11.6 Å². The third-order valence-corrected chi connectivity index (χ3v) is 7.90. The number of carbonyl (C=O) groups is 1. The summed E-state index contributed by atoms with van der Waals surface area (Å²) in [5.74, 6) is -2.65. The van der Waals surface area contributed by atoms with Crippen LogP contribution >= 0.6 is 23.2 Å². The van der Waals surface area contributed by atoms with Gasteiger partial charge < -0.3 is 36.0 Å². The molecule has 0 aliphatic carbocycles. The van der Waals surface area contributed by atoms with Crippen molar-refractivity contribution in [3.8, 4) is 0 Å². The topological polar surface area (TPSA) is 59.1 Å². The molecule has 10 heteroatoms. The highest BCUT2D eigenvalue weighted by molar-refractivity contribution is 6.31. The summed E-state index contributed by atoms with van der Waals surface area (Å²) >= 11 is 11.6. The summed E-state index contributed by atoms with van der Waals surface area (Å²) in [7, 11) is 4.29. The summed E-state index contributed by atoms with van der Waals surface area (Å²) in [6.45, 7) is 0. The standard InChI is InChI=1S/C23H22Cl2F2NO4.BrH/c1-28(2)18-9-13(10-19(28)21-20(18)32-21)31-22(29)23(30,11-3-5-14(24)16(26)7-11)12-4-6-15(25)17(27)8-12;/h3-8,13,18-21,30H,9-10H2,1-2H3;1H/q+1;/p-1/t13?,18-,19?,20+,21?;/m0./s1. The smallest absolute Gasteiger partial charge is 0.347 e. The first-order valence-corrected chi connectivity index (χ1v) is 11.1. The summed E-state index contributed by atoms with van der Waals surface area (Å²) in [6.07, 6.45) is 1.04. The molecule has 3 unspecified atom stereocenters. The molecular weight excluding hydrogens is 543 g/mol. The fourth-order valence-corrected chi connectivity index (χ4v) is 5.62. The lowest BCUT2D eigenvalue weighted by atomic mass is 9.86. The highest BCUT2D eigenvalue weighted by Crippen LogP contribution is 2.52. The van der Waals surface area contributed by atoms with Gasteiger partial charge in [0, 0.05) is 24.0 Å². The molecule has 3 aliphatic rings. The van der Waals surface area contributed by atoms with Crippen LogP contribution in [0.25, 0.3) is 0 Å². The van der Waals surface area contributed by atoms with E-state index in [1.54, 1.807) is 0 Å². The van der Waals surface area contributed by atoms with E-state index in [0.29, 0.717) is 12.8 Å². The van der Waals surface area contributed by atoms with Gasteiger partial charge in [0.05, 0.1) is 24.1 Å². The van der Waals surface area contributed by atoms with Crippen molar-refractivity contribution in [2.45, 2.75) is 48.8 Å². The Kier molecular flexibility index (Phi) is 6.34. The van der Waals surface area contributed by atoms with Crippen molar-refractivity contribution in [2.75, 3.05) is 14.1 Å². The van der Waals surface area contributed by atoms with Gasteiger partial charge >= 0.3 is 5.97 Å². The average molecular weight is 565 g/mol. The van der Waals surface area contributed by atoms with Crippen molar-refractivity contribution in [1.82, 2.24) is 0 Å². The van der Waals surface area contributed by atoms with Crippen molar-refractivity contribution >= 4 is 29.2 Å². The molecule has 5 atom stereocenters. The SMILES string of the molecule is C[N+]1(C)C2CC(OC(=O)C(O)(c3ccc(Cl)c(F)c3)c3ccc(Cl)c(F)c3)C[C@H]1[C@H]1OC21.[Br-]. The number of quaternary nitrogens is 1. The molecule has 33 heavy (non-hydrogen) atoms. The Balaban J connectivity index is 0.00000259. The number of rotatable bonds is 4. The molecule has 3 heterocycles. The zero-order chi connectivity index (χ0) is 23.0. The third kappa shape index (κ3) is 3.89. The first kappa shape index (κ1) is 24.8. The van der Waals surface area contributed by atoms with Gasteiger partial charge in [0.1, 0.15) is 42.0 Å². The van der Waals surface area contributed by atoms with E-state index in [1.165, 1.54) is 24.3 Å². The minimum absolute atomic E-state index is 0. The normalized spacial score (nSPS) is 29.1. The maximum Gasteiger partial charge on any atom is 0.347 e. The van der Waals surface area contributed by atoms with E-state index in [1.807, 2.05) is 0 Å². The number of carbonyl (C=O) groups excluding carboxylic acids is 1. The minimum atomic E-state index is -2.45. The van der Waals surface area contributed by atoms with E-state index < -0.39 is 29.3 Å². The van der Waals surface area contributed by atoms with E-state index in [2.05, 4.69) is 14.1 Å². The van der Waals surface area contributed by atoms with Crippen molar-refractivity contribution < 1.29 is 49.6 Å². The second kappa shape index (κ2) is 8.43. The number of nitrogens with zero attached hydrogens (tertiary/aromatic N) is 1. The Labute approximate surface area is 210 Å². The lowest BCUT2D eigenvalue weighted by Crippen LogP contribution is -3.00. The van der Waals surface area contributed by atoms with Gasteiger partial charge in [-0.2, -0.15) is 0 Å². The van der Waals surface area contributed by atoms with Gasteiger partial charge in [0.25, 0.3) is 0 Å². The molecule has 1 N–H and O–H groups in total. The Morgan fingerprint density at radius 1 is 1.03 bits per heavy atom. The molecule has 0 aromatic heterocycles. The molecule has 3 fully saturated rings. The lowest BCUT2D eigenvalue weighted by Gasteiger charge is -2.45. The van der Waals surface area contributed by atoms with Crippen LogP contribution in [0.5, 0.6) is 0 Å². The highest BCUT2D eigenvalue weighted by atomic mass is 79.9. The number of piperidine rings is 1. The minimum Gasteiger partial charge on any atom is -1.00 e. The zero-order valence-electron chi connectivity index (χ0n) is 17.8. The molecule has 0 saturated carbocycles. The van der Waals surface area contributed by atoms with Crippen LogP contribution < -0.4 is 17.0 Å². The molecule has 0 spiro atoms. The van der Waals surface area contributed by atoms with Crippen molar-refractivity contribution in [1.29, 1.82) is 0 Å². The molecule has 3 aliphatic heterocycles. The fraction of sp³-hybridized carbons (Fsp3) is 0.435. The van der Waals surface area contributed by atoms with E-state index in [-0.39, 0.29) is 62.4 Å². The average Bonchev–Trinajstić information content (AvgIpc) is 3.50. The van der Waals surface area contributed by atoms with Crippen LogP contribution in [-0.4, -0.2) is 60.0 Å². The predicted molar refractivity (Wildman–Crippen MR) is 113 cm³/mol. The highest BCUT2D eigenvalue weighted by Gasteiger charge is 2.71. The molecule has 2 aromatic rings. The molecule has 5 rings (SSSR count). The summed E-state index contributed by atoms with van der Waals surface area (Å²) in [6, 6.07) is 7.34. The van der Waals surface area contributed by atoms with Gasteiger partial charge in [0.15, 0.2) is 0 Å². The Morgan fingerprint density at radius 2 is 1.48 bits per heavy atom. The number of ether oxygens (including phenoxy) is 2. The maximum atomic E-state index is 14.2. The van der Waals surface area contributed by atoms with Gasteiger partial charge in [-0.25, -0.2) is 13.6 Å². The van der Waals surface area contributed by atoms with Gasteiger partial charge in [0.2, 0.25) is 5.60 Å². The number of epoxide rings is 1. The van der Waals surface area contributed by atoms with E-state index >= 15 is 0 Å². The second-order valence-electron chi connectivity index (χ2n) is 9.30. The van der Waals surface area contributed by atoms with E-state index in [0.717, 1.165) is 16.6 Å². The van der Waals surface area contributed by atoms with E-state index in [9.17, 15) is 18.7 Å². The fourth-order valence-electron chi connectivity index (χ4n) is 5.38. The number of morpholine rings is 1. The molecule has 5 nitrogen and oxygen atoms in total. The Hall–Kier alpha value is -1.29. The van der Waals surface area contributed by atoms with Gasteiger partial charge in [-0.05, 0) is 24.3 Å². The molecule has 2 aromatic carbocycles. The number of likely N-dealkylation sites (N-methyl/N-ethyl adjacent to an activating group) is 1. The molecule has 3 saturated heterocycles. The number of esters is 1. The predicted octanol–water partition coefficient (Wildman–Crippen LogP) is 0.812. The number of hydrogen-bond acceptors (Lipinski definition) is 4. The number of benzene rings is 2. The van der Waals surface area contributed by atoms with Gasteiger partial charge in [-0.15, -0.1) is 0 Å². The summed E-state index contributed by atoms with van der Waals surface area (Å²) in [4.78, 5) is 13.4. The molecule has 2 bridgehead atoms. The van der Waals surface area contributed by atoms with Gasteiger partial charge in [-0.3, -0.25) is 0 Å². The van der Waals surface area contributed by atoms with Crippen LogP contribution in [0.15, 0.2) is 36.4 Å². The van der Waals surface area contributed by atoms with Crippen molar-refractivity contribution in [2.24, 2.45) is 0 Å². The molecular formula is C23H22BrCl2F2NO4. The summed E-state index contributed by atoms with van der Waals surface area (Å²) in [5.41, 5.74) is -2.68. The summed E-state index contributed by atoms with van der Waals surface area (Å²) in [5, 5.41) is 11.2. The second-order valence-corrected chi connectivity index (χ2v) is 10.1. The maximum absolute atomic E-state index is 14.2. The molecule has 0 amide bonds. The van der Waals surface area contributed by atoms with Crippen molar-refractivity contribution in [3.05, 3.63) is 69.2 Å². The Morgan fingerprint density at radius 3 is 1.91 bits per heavy atom. The number of aliphatic hydroxyl groups is 1. The Bertz CT molecular complexity index is 1050. The van der Waals surface area contributed by atoms with Crippen molar-refractivity contribution in [3.63, 3.8) is 0 Å². The van der Waals surface area contributed by atoms with Crippen LogP contribution in [0.3, 0.4) is 0 Å². The van der Waals surface area contributed by atoms with Gasteiger partial charge in [-0.1, -0.05) is 35.3 Å². The van der Waals surface area contributed by atoms with Crippen LogP contribution in [-0.2, 0) is 19.9 Å².